The van der Waals surface area contributed by atoms with Crippen molar-refractivity contribution in [1.29, 1.82) is 0 Å². The van der Waals surface area contributed by atoms with Crippen LogP contribution in [0.5, 0.6) is 11.5 Å². The van der Waals surface area contributed by atoms with Crippen molar-refractivity contribution in [1.82, 2.24) is 5.16 Å². The van der Waals surface area contributed by atoms with Crippen LogP contribution in [0.1, 0.15) is 26.0 Å². The average molecular weight is 290 g/mol. The van der Waals surface area contributed by atoms with E-state index in [1.165, 1.54) is 0 Å². The van der Waals surface area contributed by atoms with Gasteiger partial charge < -0.3 is 19.7 Å². The molecule has 1 aromatic heterocycles. The zero-order chi connectivity index (χ0) is 15.4. The van der Waals surface area contributed by atoms with Gasteiger partial charge in [0, 0.05) is 6.42 Å². The van der Waals surface area contributed by atoms with Crippen LogP contribution in [0.15, 0.2) is 22.7 Å². The highest BCUT2D eigenvalue weighted by molar-refractivity contribution is 5.77. The standard InChI is InChI=1S/C16H22N2O3/c1-10(2)5-7-13-15(16(17)18-21-13)11-6-8-12(19-3)14(9-11)20-4/h6,8-10H,5,7H2,1-4H3,(H2,17,18). The van der Waals surface area contributed by atoms with Crippen molar-refractivity contribution < 1.29 is 14.0 Å². The van der Waals surface area contributed by atoms with E-state index in [4.69, 9.17) is 19.7 Å². The third-order valence-electron chi connectivity index (χ3n) is 3.41. The molecule has 5 nitrogen and oxygen atoms in total. The fourth-order valence-corrected chi connectivity index (χ4v) is 2.23. The highest BCUT2D eigenvalue weighted by Crippen LogP contribution is 2.36. The van der Waals surface area contributed by atoms with Crippen molar-refractivity contribution in [3.05, 3.63) is 24.0 Å². The quantitative estimate of drug-likeness (QED) is 0.881. The molecule has 0 fully saturated rings. The Morgan fingerprint density at radius 3 is 2.52 bits per heavy atom. The topological polar surface area (TPSA) is 70.5 Å². The van der Waals surface area contributed by atoms with E-state index in [9.17, 15) is 0 Å². The Balaban J connectivity index is 2.39. The molecule has 0 saturated carbocycles. The molecule has 0 unspecified atom stereocenters. The number of rotatable bonds is 6. The number of hydrogen-bond acceptors (Lipinski definition) is 5. The number of methoxy groups -OCH3 is 2. The average Bonchev–Trinajstić information content (AvgIpc) is 2.85. The second-order valence-corrected chi connectivity index (χ2v) is 5.37. The van der Waals surface area contributed by atoms with Crippen LogP contribution in [0.3, 0.4) is 0 Å². The Hall–Kier alpha value is -2.17. The molecule has 0 aliphatic rings. The predicted molar refractivity (Wildman–Crippen MR) is 82.6 cm³/mol. The van der Waals surface area contributed by atoms with Gasteiger partial charge in [0.1, 0.15) is 5.76 Å². The molecule has 0 saturated heterocycles. The van der Waals surface area contributed by atoms with E-state index in [1.807, 2.05) is 18.2 Å². The van der Waals surface area contributed by atoms with Gasteiger partial charge in [-0.25, -0.2) is 0 Å². The van der Waals surface area contributed by atoms with Gasteiger partial charge in [0.05, 0.1) is 19.8 Å². The molecule has 1 heterocycles. The van der Waals surface area contributed by atoms with Crippen LogP contribution in [0.25, 0.3) is 11.1 Å². The maximum absolute atomic E-state index is 5.96. The van der Waals surface area contributed by atoms with Crippen molar-refractivity contribution in [2.45, 2.75) is 26.7 Å². The largest absolute Gasteiger partial charge is 0.493 e. The zero-order valence-corrected chi connectivity index (χ0v) is 13.0. The number of benzene rings is 1. The van der Waals surface area contributed by atoms with Crippen LogP contribution in [0.2, 0.25) is 0 Å². The first kappa shape index (κ1) is 15.2. The number of ether oxygens (including phenoxy) is 2. The van der Waals surface area contributed by atoms with Crippen LogP contribution in [-0.4, -0.2) is 19.4 Å². The molecule has 0 spiro atoms. The molecule has 2 aromatic rings. The third-order valence-corrected chi connectivity index (χ3v) is 3.41. The normalized spacial score (nSPS) is 10.9. The summed E-state index contributed by atoms with van der Waals surface area (Å²) in [6.07, 6.45) is 1.83. The first-order valence-electron chi connectivity index (χ1n) is 7.03. The lowest BCUT2D eigenvalue weighted by molar-refractivity contribution is 0.355. The molecule has 0 atom stereocenters. The monoisotopic (exact) mass is 290 g/mol. The Kier molecular flexibility index (Phi) is 4.73. The minimum Gasteiger partial charge on any atom is -0.493 e. The first-order chi connectivity index (χ1) is 10.1. The number of anilines is 1. The molecule has 0 aliphatic heterocycles. The van der Waals surface area contributed by atoms with Gasteiger partial charge in [0.25, 0.3) is 0 Å². The van der Waals surface area contributed by atoms with E-state index < -0.39 is 0 Å². The Labute approximate surface area is 125 Å². The number of aryl methyl sites for hydroxylation is 1. The summed E-state index contributed by atoms with van der Waals surface area (Å²) in [5.41, 5.74) is 7.73. The van der Waals surface area contributed by atoms with Crippen LogP contribution in [0, 0.1) is 5.92 Å². The number of nitrogens with two attached hydrogens (primary N) is 1. The lowest BCUT2D eigenvalue weighted by atomic mass is 10.00. The van der Waals surface area contributed by atoms with Gasteiger partial charge >= 0.3 is 0 Å². The van der Waals surface area contributed by atoms with Crippen LogP contribution < -0.4 is 15.2 Å². The predicted octanol–water partition coefficient (Wildman–Crippen LogP) is 3.53. The molecule has 0 aliphatic carbocycles. The van der Waals surface area contributed by atoms with Gasteiger partial charge in [-0.2, -0.15) is 0 Å². The van der Waals surface area contributed by atoms with E-state index in [1.54, 1.807) is 14.2 Å². The van der Waals surface area contributed by atoms with Crippen molar-refractivity contribution in [3.8, 4) is 22.6 Å². The number of aromatic nitrogens is 1. The van der Waals surface area contributed by atoms with Gasteiger partial charge in [-0.1, -0.05) is 25.1 Å². The van der Waals surface area contributed by atoms with E-state index in [-0.39, 0.29) is 0 Å². The highest BCUT2D eigenvalue weighted by atomic mass is 16.5. The molecule has 0 radical (unpaired) electrons. The SMILES string of the molecule is COc1ccc(-c2c(N)noc2CCC(C)C)cc1OC. The summed E-state index contributed by atoms with van der Waals surface area (Å²) in [7, 11) is 3.22. The molecule has 114 valence electrons. The summed E-state index contributed by atoms with van der Waals surface area (Å²) >= 11 is 0. The number of nitrogens with zero attached hydrogens (tertiary/aromatic N) is 1. The minimum absolute atomic E-state index is 0.404. The summed E-state index contributed by atoms with van der Waals surface area (Å²) in [6.45, 7) is 4.35. The van der Waals surface area contributed by atoms with Crippen LogP contribution >= 0.6 is 0 Å². The minimum atomic E-state index is 0.404. The van der Waals surface area contributed by atoms with E-state index in [0.717, 1.165) is 29.7 Å². The molecule has 0 amide bonds. The number of hydrogen-bond donors (Lipinski definition) is 1. The van der Waals surface area contributed by atoms with Crippen molar-refractivity contribution >= 4 is 5.82 Å². The number of nitrogen functional groups attached to an aromatic ring is 1. The Morgan fingerprint density at radius 2 is 1.90 bits per heavy atom. The van der Waals surface area contributed by atoms with Crippen molar-refractivity contribution in [2.75, 3.05) is 20.0 Å². The molecule has 5 heteroatoms. The fourth-order valence-electron chi connectivity index (χ4n) is 2.23. The summed E-state index contributed by atoms with van der Waals surface area (Å²) in [5.74, 6) is 3.15. The van der Waals surface area contributed by atoms with Gasteiger partial charge in [0.15, 0.2) is 17.3 Å². The molecule has 2 rings (SSSR count). The zero-order valence-electron chi connectivity index (χ0n) is 13.0. The highest BCUT2D eigenvalue weighted by Gasteiger charge is 2.17. The fraction of sp³-hybridized carbons (Fsp3) is 0.438. The van der Waals surface area contributed by atoms with E-state index in [0.29, 0.717) is 23.2 Å². The maximum Gasteiger partial charge on any atom is 0.175 e. The molecule has 2 N–H and O–H groups in total. The van der Waals surface area contributed by atoms with Crippen LogP contribution in [-0.2, 0) is 6.42 Å². The van der Waals surface area contributed by atoms with Gasteiger partial charge in [-0.15, -0.1) is 0 Å². The van der Waals surface area contributed by atoms with Gasteiger partial charge in [-0.3, -0.25) is 0 Å². The smallest absolute Gasteiger partial charge is 0.175 e. The van der Waals surface area contributed by atoms with Crippen molar-refractivity contribution in [3.63, 3.8) is 0 Å². The van der Waals surface area contributed by atoms with E-state index in [2.05, 4.69) is 19.0 Å². The molecule has 1 aromatic carbocycles. The third kappa shape index (κ3) is 3.29. The summed E-state index contributed by atoms with van der Waals surface area (Å²) < 4.78 is 16.0. The molecule has 0 bridgehead atoms. The second kappa shape index (κ2) is 6.52. The lowest BCUT2D eigenvalue weighted by Crippen LogP contribution is -1.96. The first-order valence-corrected chi connectivity index (χ1v) is 7.03. The second-order valence-electron chi connectivity index (χ2n) is 5.37. The maximum atomic E-state index is 5.96. The lowest BCUT2D eigenvalue weighted by Gasteiger charge is -2.10. The van der Waals surface area contributed by atoms with E-state index >= 15 is 0 Å². The summed E-state index contributed by atoms with van der Waals surface area (Å²) in [6, 6.07) is 5.68. The molecular formula is C16H22N2O3. The van der Waals surface area contributed by atoms with Gasteiger partial charge in [-0.05, 0) is 30.0 Å². The summed E-state index contributed by atoms with van der Waals surface area (Å²) in [5, 5.41) is 3.90. The molecular weight excluding hydrogens is 268 g/mol. The summed E-state index contributed by atoms with van der Waals surface area (Å²) in [4.78, 5) is 0. The van der Waals surface area contributed by atoms with Gasteiger partial charge in [0.2, 0.25) is 0 Å². The Bertz CT molecular complexity index is 606. The Morgan fingerprint density at radius 1 is 1.19 bits per heavy atom. The molecule has 21 heavy (non-hydrogen) atoms. The van der Waals surface area contributed by atoms with Crippen LogP contribution in [0.4, 0.5) is 5.82 Å². The van der Waals surface area contributed by atoms with Crippen molar-refractivity contribution in [2.24, 2.45) is 5.92 Å².